The van der Waals surface area contributed by atoms with E-state index in [0.717, 1.165) is 43.6 Å². The quantitative estimate of drug-likeness (QED) is 0.697. The molecule has 2 saturated heterocycles. The molecule has 23 heavy (non-hydrogen) atoms. The van der Waals surface area contributed by atoms with Crippen molar-refractivity contribution in [2.45, 2.75) is 88.6 Å². The van der Waals surface area contributed by atoms with E-state index in [9.17, 15) is 5.11 Å². The number of hydrogen-bond donors (Lipinski definition) is 1. The van der Waals surface area contributed by atoms with Gasteiger partial charge in [-0.3, -0.25) is 0 Å². The van der Waals surface area contributed by atoms with Gasteiger partial charge in [0.15, 0.2) is 0 Å². The molecule has 3 nitrogen and oxygen atoms in total. The molecule has 0 unspecified atom stereocenters. The number of aliphatic hydroxyl groups excluding tert-OH is 1. The fourth-order valence-electron chi connectivity index (χ4n) is 8.31. The number of hydrogen-bond acceptors (Lipinski definition) is 3. The molecule has 0 aromatic carbocycles. The molecule has 2 heterocycles. The van der Waals surface area contributed by atoms with E-state index in [1.807, 2.05) is 0 Å². The van der Waals surface area contributed by atoms with Crippen molar-refractivity contribution < 1.29 is 14.6 Å². The normalized spacial score (nSPS) is 68.7. The highest BCUT2D eigenvalue weighted by Gasteiger charge is 2.78. The molecule has 9 atom stereocenters. The second kappa shape index (κ2) is 3.83. The molecular weight excluding hydrogens is 288 g/mol. The van der Waals surface area contributed by atoms with Crippen molar-refractivity contribution in [1.29, 1.82) is 0 Å². The summed E-state index contributed by atoms with van der Waals surface area (Å²) in [5, 5.41) is 10.2. The van der Waals surface area contributed by atoms with Gasteiger partial charge in [0.1, 0.15) is 5.60 Å². The molecule has 0 aromatic heterocycles. The Labute approximate surface area is 139 Å². The monoisotopic (exact) mass is 318 g/mol. The molecule has 3 heteroatoms. The highest BCUT2D eigenvalue weighted by Crippen LogP contribution is 2.75. The smallest absolute Gasteiger partial charge is 0.103 e. The molecule has 0 bridgehead atoms. The lowest BCUT2D eigenvalue weighted by atomic mass is 9.44. The molecule has 6 fully saturated rings. The summed E-state index contributed by atoms with van der Waals surface area (Å²) in [5.74, 6) is 2.48. The minimum Gasteiger partial charge on any atom is -0.393 e. The van der Waals surface area contributed by atoms with Crippen molar-refractivity contribution in [2.75, 3.05) is 6.61 Å². The Kier molecular flexibility index (Phi) is 2.35. The van der Waals surface area contributed by atoms with E-state index in [2.05, 4.69) is 13.8 Å². The van der Waals surface area contributed by atoms with E-state index in [1.54, 1.807) is 0 Å². The topological polar surface area (TPSA) is 45.3 Å². The summed E-state index contributed by atoms with van der Waals surface area (Å²) in [5.41, 5.74) is 1.02. The molecule has 0 amide bonds. The number of fused-ring (bicyclic) bond motifs is 5. The minimum absolute atomic E-state index is 0.0337. The fraction of sp³-hybridized carbons (Fsp3) is 1.00. The molecule has 6 rings (SSSR count). The SMILES string of the molecule is C[C@]12CC[C@H]3[C@@H](C[C@@H]4O[C@@]45C[C@@H](O)CC[C@]35C)[C@@H]1CC[C@@]21CO1. The molecule has 128 valence electrons. The predicted octanol–water partition coefficient (Wildman–Crippen LogP) is 3.29. The van der Waals surface area contributed by atoms with Crippen LogP contribution in [0.5, 0.6) is 0 Å². The van der Waals surface area contributed by atoms with Gasteiger partial charge in [0.05, 0.1) is 24.4 Å². The highest BCUT2D eigenvalue weighted by molar-refractivity contribution is 5.26. The van der Waals surface area contributed by atoms with Crippen LogP contribution >= 0.6 is 0 Å². The van der Waals surface area contributed by atoms with E-state index in [0.29, 0.717) is 16.9 Å². The van der Waals surface area contributed by atoms with Gasteiger partial charge >= 0.3 is 0 Å². The Bertz CT molecular complexity index is 571. The first-order chi connectivity index (χ1) is 10.9. The van der Waals surface area contributed by atoms with Crippen LogP contribution in [0.2, 0.25) is 0 Å². The van der Waals surface area contributed by atoms with Crippen molar-refractivity contribution in [3.05, 3.63) is 0 Å². The second-order valence-electron chi connectivity index (χ2n) is 10.2. The van der Waals surface area contributed by atoms with Crippen LogP contribution in [-0.4, -0.2) is 35.1 Å². The molecule has 0 radical (unpaired) electrons. The van der Waals surface area contributed by atoms with Gasteiger partial charge in [-0.05, 0) is 62.7 Å². The van der Waals surface area contributed by atoms with Crippen LogP contribution in [-0.2, 0) is 9.47 Å². The van der Waals surface area contributed by atoms with Crippen molar-refractivity contribution in [1.82, 2.24) is 0 Å². The lowest BCUT2D eigenvalue weighted by Crippen LogP contribution is -2.59. The Morgan fingerprint density at radius 2 is 1.65 bits per heavy atom. The zero-order valence-corrected chi connectivity index (χ0v) is 14.5. The van der Waals surface area contributed by atoms with E-state index in [-0.39, 0.29) is 17.3 Å². The molecule has 2 aliphatic heterocycles. The zero-order valence-electron chi connectivity index (χ0n) is 14.5. The van der Waals surface area contributed by atoms with Gasteiger partial charge in [-0.15, -0.1) is 0 Å². The number of ether oxygens (including phenoxy) is 2. The first-order valence-electron chi connectivity index (χ1n) is 9.94. The zero-order chi connectivity index (χ0) is 15.7. The molecule has 4 saturated carbocycles. The van der Waals surface area contributed by atoms with E-state index in [4.69, 9.17) is 9.47 Å². The van der Waals surface area contributed by atoms with E-state index < -0.39 is 0 Å². The van der Waals surface area contributed by atoms with Crippen LogP contribution in [0.1, 0.15) is 65.2 Å². The van der Waals surface area contributed by atoms with Gasteiger partial charge in [-0.25, -0.2) is 0 Å². The van der Waals surface area contributed by atoms with Crippen LogP contribution < -0.4 is 0 Å². The average molecular weight is 318 g/mol. The highest BCUT2D eigenvalue weighted by atomic mass is 16.6. The Morgan fingerprint density at radius 3 is 2.43 bits per heavy atom. The van der Waals surface area contributed by atoms with Crippen molar-refractivity contribution in [3.63, 3.8) is 0 Å². The molecular formula is C20H30O3. The summed E-state index contributed by atoms with van der Waals surface area (Å²) in [7, 11) is 0. The largest absolute Gasteiger partial charge is 0.393 e. The molecule has 6 aliphatic rings. The number of rotatable bonds is 0. The second-order valence-corrected chi connectivity index (χ2v) is 10.2. The van der Waals surface area contributed by atoms with Gasteiger partial charge in [0.25, 0.3) is 0 Å². The Morgan fingerprint density at radius 1 is 0.957 bits per heavy atom. The van der Waals surface area contributed by atoms with E-state index >= 15 is 0 Å². The third kappa shape index (κ3) is 1.39. The van der Waals surface area contributed by atoms with Gasteiger partial charge in [-0.1, -0.05) is 13.8 Å². The van der Waals surface area contributed by atoms with Crippen LogP contribution in [0.15, 0.2) is 0 Å². The molecule has 0 aromatic rings. The molecule has 4 aliphatic carbocycles. The van der Waals surface area contributed by atoms with Crippen molar-refractivity contribution in [3.8, 4) is 0 Å². The van der Waals surface area contributed by atoms with E-state index in [1.165, 1.54) is 32.1 Å². The fourth-order valence-corrected chi connectivity index (χ4v) is 8.31. The summed E-state index contributed by atoms with van der Waals surface area (Å²) in [4.78, 5) is 0. The lowest BCUT2D eigenvalue weighted by Gasteiger charge is -2.59. The summed E-state index contributed by atoms with van der Waals surface area (Å²) in [6, 6.07) is 0. The summed E-state index contributed by atoms with van der Waals surface area (Å²) >= 11 is 0. The lowest BCUT2D eigenvalue weighted by molar-refractivity contribution is -0.115. The van der Waals surface area contributed by atoms with Crippen LogP contribution in [0.4, 0.5) is 0 Å². The third-order valence-electron chi connectivity index (χ3n) is 9.84. The third-order valence-corrected chi connectivity index (χ3v) is 9.84. The predicted molar refractivity (Wildman–Crippen MR) is 85.9 cm³/mol. The van der Waals surface area contributed by atoms with Gasteiger partial charge in [-0.2, -0.15) is 0 Å². The molecule has 1 N–H and O–H groups in total. The van der Waals surface area contributed by atoms with Crippen molar-refractivity contribution >= 4 is 0 Å². The number of epoxide rings is 2. The first-order valence-corrected chi connectivity index (χ1v) is 9.94. The summed E-state index contributed by atoms with van der Waals surface area (Å²) in [6.45, 7) is 6.07. The van der Waals surface area contributed by atoms with Gasteiger partial charge in [0, 0.05) is 17.3 Å². The Hall–Kier alpha value is -0.120. The van der Waals surface area contributed by atoms with Crippen LogP contribution in [0, 0.1) is 28.6 Å². The number of aliphatic hydroxyl groups is 1. The maximum atomic E-state index is 10.2. The maximum Gasteiger partial charge on any atom is 0.103 e. The van der Waals surface area contributed by atoms with Gasteiger partial charge < -0.3 is 14.6 Å². The Balaban J connectivity index is 1.39. The van der Waals surface area contributed by atoms with Crippen LogP contribution in [0.3, 0.4) is 0 Å². The standard InChI is InChI=1S/C20H30O3/c1-17-7-4-15-13(14(17)5-8-19(17)11-22-19)9-16-20(23-16)10-12(21)3-6-18(15,20)2/h12-16,21H,3-11H2,1-2H3/t12-,13-,14-,15-,16-,17-,18+,19+,20-/m0/s1. The molecule has 2 spiro atoms. The van der Waals surface area contributed by atoms with Crippen LogP contribution in [0.25, 0.3) is 0 Å². The summed E-state index contributed by atoms with van der Waals surface area (Å²) in [6.07, 6.45) is 9.96. The van der Waals surface area contributed by atoms with Crippen molar-refractivity contribution in [2.24, 2.45) is 28.6 Å². The first kappa shape index (κ1) is 14.1. The maximum absolute atomic E-state index is 10.2. The minimum atomic E-state index is -0.131. The average Bonchev–Trinajstić information content (AvgIpc) is 3.38. The van der Waals surface area contributed by atoms with Gasteiger partial charge in [0.2, 0.25) is 0 Å². The summed E-state index contributed by atoms with van der Waals surface area (Å²) < 4.78 is 12.4.